The van der Waals surface area contributed by atoms with Gasteiger partial charge in [0, 0.05) is 116 Å². The average molecular weight is 1410 g/mol. The minimum atomic E-state index is -3.76. The molecule has 0 aliphatic carbocycles. The van der Waals surface area contributed by atoms with E-state index in [1.807, 2.05) is 13.0 Å². The fourth-order valence-electron chi connectivity index (χ4n) is 10.1. The number of nitrogens with zero attached hydrogens (tertiary/aromatic N) is 9. The van der Waals surface area contributed by atoms with Gasteiger partial charge in [0.15, 0.2) is 0 Å². The quantitative estimate of drug-likeness (QED) is 0.0530. The van der Waals surface area contributed by atoms with Gasteiger partial charge < -0.3 is 33.9 Å². The van der Waals surface area contributed by atoms with Crippen LogP contribution in [0.25, 0.3) is 66.9 Å². The number of hydrogen-bond donors (Lipinski definition) is 6. The zero-order valence-electron chi connectivity index (χ0n) is 54.5. The Kier molecular flexibility index (Phi) is 21.1. The maximum absolute atomic E-state index is 12.6. The molecule has 0 radical (unpaired) electrons. The van der Waals surface area contributed by atoms with E-state index < -0.39 is 63.8 Å². The van der Waals surface area contributed by atoms with Gasteiger partial charge in [-0.2, -0.15) is 4.98 Å². The third-order valence-corrected chi connectivity index (χ3v) is 20.0. The molecule has 0 amide bonds. The lowest BCUT2D eigenvalue weighted by molar-refractivity contribution is 0.302. The number of methoxy groups -OCH3 is 1. The zero-order chi connectivity index (χ0) is 71.1. The monoisotopic (exact) mass is 1410 g/mol. The molecule has 0 aliphatic rings. The van der Waals surface area contributed by atoms with Crippen molar-refractivity contribution in [2.45, 2.75) is 21.6 Å². The fourth-order valence-corrected chi connectivity index (χ4v) is 13.2. The molecule has 12 rings (SSSR count). The molecule has 0 bridgehead atoms. The molecule has 9 aromatic heterocycles. The van der Waals surface area contributed by atoms with Gasteiger partial charge in [-0.15, -0.1) is 0 Å². The zero-order valence-corrected chi connectivity index (χ0v) is 56.9. The molecule has 0 atom stereocenters. The van der Waals surface area contributed by atoms with Crippen LogP contribution in [0.5, 0.6) is 23.5 Å². The summed E-state index contributed by atoms with van der Waals surface area (Å²) in [6.45, 7) is 2.48. The van der Waals surface area contributed by atoms with E-state index in [2.05, 4.69) is 44.1 Å². The molecule has 6 N–H and O–H groups in total. The first-order valence-corrected chi connectivity index (χ1v) is 34.5. The highest BCUT2D eigenvalue weighted by molar-refractivity contribution is 7.90. The number of hydrogen-bond acceptors (Lipinski definition) is 19. The van der Waals surface area contributed by atoms with E-state index in [0.29, 0.717) is 90.4 Å². The van der Waals surface area contributed by atoms with Crippen molar-refractivity contribution in [1.82, 2.24) is 71.5 Å². The molecule has 0 fully saturated rings. The van der Waals surface area contributed by atoms with Gasteiger partial charge in [0.05, 0.1) is 38.3 Å². The highest BCUT2D eigenvalue weighted by atomic mass is 32.2. The fraction of sp³-hybridized carbons (Fsp3) is 0.215. The minimum Gasteiger partial charge on any atom is -0.481 e. The van der Waals surface area contributed by atoms with Crippen molar-refractivity contribution in [2.75, 3.05) is 46.6 Å². The predicted molar refractivity (Wildman–Crippen MR) is 369 cm³/mol. The van der Waals surface area contributed by atoms with Crippen LogP contribution < -0.4 is 66.9 Å². The number of aromatic nitrogens is 12. The minimum absolute atomic E-state index is 0.0440. The van der Waals surface area contributed by atoms with Gasteiger partial charge in [0.25, 0.3) is 16.7 Å². The van der Waals surface area contributed by atoms with Crippen molar-refractivity contribution in [3.05, 3.63) is 220 Å². The molecule has 516 valence electrons. The first-order chi connectivity index (χ1) is 47.2. The first kappa shape index (κ1) is 70.5. The van der Waals surface area contributed by atoms with Crippen LogP contribution in [0.1, 0.15) is 5.56 Å². The Morgan fingerprint density at radius 2 is 0.737 bits per heavy atom. The number of sulfonamides is 3. The van der Waals surface area contributed by atoms with E-state index in [1.54, 1.807) is 131 Å². The molecule has 9 heterocycles. The van der Waals surface area contributed by atoms with Crippen LogP contribution in [-0.4, -0.2) is 129 Å². The lowest BCUT2D eigenvalue weighted by Crippen LogP contribution is -2.36. The van der Waals surface area contributed by atoms with Crippen LogP contribution in [0.4, 0.5) is 0 Å². The summed E-state index contributed by atoms with van der Waals surface area (Å²) in [6, 6.07) is 37.5. The summed E-state index contributed by atoms with van der Waals surface area (Å²) in [4.78, 5) is 95.0. The van der Waals surface area contributed by atoms with E-state index in [-0.39, 0.29) is 54.1 Å². The second-order valence-corrected chi connectivity index (χ2v) is 27.4. The van der Waals surface area contributed by atoms with Crippen LogP contribution in [-0.2, 0) is 72.4 Å². The molecule has 0 saturated carbocycles. The summed E-state index contributed by atoms with van der Waals surface area (Å²) in [5, 5.41) is 0. The summed E-state index contributed by atoms with van der Waals surface area (Å²) in [7, 11) is -0.726. The smallest absolute Gasteiger partial charge is 0.331 e. The number of H-pyrrole nitrogens is 3. The number of aromatic amines is 3. The Balaban J connectivity index is 0.000000161. The Hall–Kier alpha value is -11.3. The van der Waals surface area contributed by atoms with Crippen molar-refractivity contribution in [3.8, 4) is 57.3 Å². The van der Waals surface area contributed by atoms with Gasteiger partial charge in [-0.1, -0.05) is 48.5 Å². The van der Waals surface area contributed by atoms with Crippen molar-refractivity contribution in [2.24, 2.45) is 42.3 Å². The van der Waals surface area contributed by atoms with Gasteiger partial charge in [-0.25, -0.2) is 63.8 Å². The van der Waals surface area contributed by atoms with Crippen molar-refractivity contribution in [1.29, 1.82) is 0 Å². The number of benzene rings is 3. The molecule has 0 saturated heterocycles. The summed E-state index contributed by atoms with van der Waals surface area (Å²) >= 11 is 0. The Morgan fingerprint density at radius 3 is 1.09 bits per heavy atom. The molecule has 99 heavy (non-hydrogen) atoms. The molecular formula is C65H67N15O16S3. The Morgan fingerprint density at radius 1 is 0.394 bits per heavy atom. The van der Waals surface area contributed by atoms with Gasteiger partial charge in [0.2, 0.25) is 53.6 Å². The van der Waals surface area contributed by atoms with E-state index in [1.165, 1.54) is 78.4 Å². The highest BCUT2D eigenvalue weighted by Gasteiger charge is 2.21. The largest absolute Gasteiger partial charge is 0.481 e. The van der Waals surface area contributed by atoms with Gasteiger partial charge in [-0.05, 0) is 95.9 Å². The molecule has 0 aliphatic heterocycles. The Bertz CT molecular complexity index is 5720. The van der Waals surface area contributed by atoms with E-state index in [9.17, 15) is 54.0 Å². The lowest BCUT2D eigenvalue weighted by atomic mass is 10.1. The first-order valence-electron chi connectivity index (χ1n) is 30.1. The van der Waals surface area contributed by atoms with E-state index in [0.717, 1.165) is 19.3 Å². The van der Waals surface area contributed by atoms with Gasteiger partial charge >= 0.3 is 17.1 Å². The van der Waals surface area contributed by atoms with Crippen LogP contribution >= 0.6 is 0 Å². The number of fused-ring (bicyclic) bond motifs is 3. The molecule has 0 unspecified atom stereocenters. The van der Waals surface area contributed by atoms with E-state index >= 15 is 0 Å². The maximum atomic E-state index is 12.6. The molecule has 34 heteroatoms. The van der Waals surface area contributed by atoms with Crippen LogP contribution in [0.15, 0.2) is 195 Å². The van der Waals surface area contributed by atoms with Gasteiger partial charge in [-0.3, -0.25) is 41.8 Å². The van der Waals surface area contributed by atoms with Crippen molar-refractivity contribution < 1.29 is 44.2 Å². The summed E-state index contributed by atoms with van der Waals surface area (Å²) in [5.41, 5.74) is 4.54. The summed E-state index contributed by atoms with van der Waals surface area (Å²) in [5.74, 6) is 1.58. The van der Waals surface area contributed by atoms with E-state index in [4.69, 9.17) is 18.9 Å². The highest BCUT2D eigenvalue weighted by Crippen LogP contribution is 2.27. The molecular weight excluding hydrogens is 1340 g/mol. The number of aryl methyl sites for hydroxylation is 4. The second kappa shape index (κ2) is 29.6. The topological polar surface area (TPSA) is 393 Å². The average Bonchev–Trinajstić information content (AvgIpc) is 1.64. The van der Waals surface area contributed by atoms with Crippen LogP contribution in [0, 0.1) is 6.92 Å². The SMILES string of the molecule is COc1cccc(OCCNS(=O)(=O)c2ccc(-c3cc4c([nH]3)c(=O)n(C)c(=O)n4C)cc2)n1.Cc1ccnc(OCCNS(=O)(=O)c2ccc(-c3cc4c([nH]3)c(=O)n(C)c(=O)n4C)cc2)c1.Cn1c(=O)c2[nH]c(-c3ccc(S(=O)(=O)NCCOc4ccccn4)cc3)cc2n(C)c1=O. The second-order valence-electron chi connectivity index (χ2n) is 22.1. The van der Waals surface area contributed by atoms with Crippen LogP contribution in [0.2, 0.25) is 0 Å². The summed E-state index contributed by atoms with van der Waals surface area (Å²) < 4.78 is 111. The summed E-state index contributed by atoms with van der Waals surface area (Å²) in [6.07, 6.45) is 3.21. The number of rotatable bonds is 22. The van der Waals surface area contributed by atoms with Crippen molar-refractivity contribution in [3.63, 3.8) is 0 Å². The Labute approximate surface area is 563 Å². The standard InChI is InChI=1S/C22H23N5O6S.C22H23N5O5S.C21H21N5O5S/c1-26-17-13-16(24-20(17)21(28)27(2)22(26)29)14-7-9-15(10-8-14)34(30,31)23-11-12-33-19-6-4-5-18(25-19)32-3;1-14-8-9-23-19(12-14)32-11-10-24-33(30,31)16-6-4-15(5-7-16)17-13-18-20(25-17)21(28)27(3)22(29)26(18)2;1-25-17-13-16(24-19(17)20(27)26(2)21(25)28)14-6-8-15(9-7-14)32(29,30)23-11-12-31-18-5-3-4-10-22-18/h4-10,13,23-24H,11-12H2,1-3H3;4-9,12-13,24-25H,10-11H2,1-3H3;3-10,13,23-24H,11-12H2,1-2H3. The normalized spacial score (nSPS) is 11.7. The third kappa shape index (κ3) is 15.8. The number of nitrogens with one attached hydrogen (secondary N) is 6. The third-order valence-electron chi connectivity index (χ3n) is 15.5. The van der Waals surface area contributed by atoms with Gasteiger partial charge in [0.1, 0.15) is 36.4 Å². The molecule has 0 spiro atoms. The lowest BCUT2D eigenvalue weighted by Gasteiger charge is -2.09. The molecule has 3 aromatic carbocycles. The molecule has 31 nitrogen and oxygen atoms in total. The number of pyridine rings is 3. The molecule has 12 aromatic rings. The number of ether oxygens (including phenoxy) is 4. The van der Waals surface area contributed by atoms with Crippen molar-refractivity contribution >= 4 is 63.2 Å². The predicted octanol–water partition coefficient (Wildman–Crippen LogP) is 3.27. The maximum Gasteiger partial charge on any atom is 0.331 e. The van der Waals surface area contributed by atoms with Crippen LogP contribution in [0.3, 0.4) is 0 Å².